The number of nitrogens with one attached hydrogen (secondary N) is 1. The predicted octanol–water partition coefficient (Wildman–Crippen LogP) is 3.52. The minimum atomic E-state index is 0.731. The molecular weight excluding hydrogens is 220 g/mol. The molecule has 108 valence electrons. The fourth-order valence-electron chi connectivity index (χ4n) is 3.42. The highest BCUT2D eigenvalue weighted by Crippen LogP contribution is 2.30. The lowest BCUT2D eigenvalue weighted by Crippen LogP contribution is -2.46. The molecule has 1 fully saturated rings. The van der Waals surface area contributed by atoms with Gasteiger partial charge in [0, 0.05) is 18.6 Å². The summed E-state index contributed by atoms with van der Waals surface area (Å²) in [6.07, 6.45) is 6.80. The van der Waals surface area contributed by atoms with Crippen LogP contribution < -0.4 is 5.32 Å². The van der Waals surface area contributed by atoms with Crippen molar-refractivity contribution in [1.82, 2.24) is 10.2 Å². The van der Waals surface area contributed by atoms with E-state index >= 15 is 0 Å². The molecule has 4 unspecified atom stereocenters. The van der Waals surface area contributed by atoms with E-state index in [0.29, 0.717) is 0 Å². The van der Waals surface area contributed by atoms with Crippen LogP contribution in [0, 0.1) is 11.8 Å². The second-order valence-corrected chi connectivity index (χ2v) is 6.42. The van der Waals surface area contributed by atoms with Gasteiger partial charge in [-0.1, -0.05) is 27.2 Å². The van der Waals surface area contributed by atoms with Crippen LogP contribution in [0.15, 0.2) is 0 Å². The van der Waals surface area contributed by atoms with Gasteiger partial charge in [-0.15, -0.1) is 0 Å². The average molecular weight is 254 g/mol. The van der Waals surface area contributed by atoms with Gasteiger partial charge in [-0.2, -0.15) is 0 Å². The minimum absolute atomic E-state index is 0.731. The number of hydrogen-bond donors (Lipinski definition) is 1. The highest BCUT2D eigenvalue weighted by atomic mass is 15.1. The van der Waals surface area contributed by atoms with E-state index in [4.69, 9.17) is 0 Å². The Kier molecular flexibility index (Phi) is 7.25. The molecule has 0 spiro atoms. The highest BCUT2D eigenvalue weighted by Gasteiger charge is 2.29. The summed E-state index contributed by atoms with van der Waals surface area (Å²) < 4.78 is 0. The fourth-order valence-corrected chi connectivity index (χ4v) is 3.42. The highest BCUT2D eigenvalue weighted by molar-refractivity contribution is 4.85. The Morgan fingerprint density at radius 2 is 2.00 bits per heavy atom. The lowest BCUT2D eigenvalue weighted by Gasteiger charge is -2.39. The molecule has 0 heterocycles. The van der Waals surface area contributed by atoms with E-state index in [9.17, 15) is 0 Å². The van der Waals surface area contributed by atoms with E-state index in [-0.39, 0.29) is 0 Å². The molecule has 4 atom stereocenters. The van der Waals surface area contributed by atoms with Gasteiger partial charge in [-0.25, -0.2) is 0 Å². The van der Waals surface area contributed by atoms with Crippen LogP contribution in [0.25, 0.3) is 0 Å². The van der Waals surface area contributed by atoms with Crippen LogP contribution in [0.1, 0.15) is 59.8 Å². The lowest BCUT2D eigenvalue weighted by molar-refractivity contribution is 0.136. The first-order valence-electron chi connectivity index (χ1n) is 8.02. The van der Waals surface area contributed by atoms with Gasteiger partial charge in [0.1, 0.15) is 0 Å². The number of hydrogen-bond acceptors (Lipinski definition) is 2. The van der Waals surface area contributed by atoms with Crippen LogP contribution in [0.4, 0.5) is 0 Å². The van der Waals surface area contributed by atoms with Crippen LogP contribution in [-0.4, -0.2) is 37.1 Å². The van der Waals surface area contributed by atoms with E-state index in [1.165, 1.54) is 38.6 Å². The van der Waals surface area contributed by atoms with Gasteiger partial charge in [0.2, 0.25) is 0 Å². The maximum absolute atomic E-state index is 3.70. The molecule has 0 bridgehead atoms. The molecule has 0 aromatic rings. The molecule has 1 saturated carbocycles. The van der Waals surface area contributed by atoms with Gasteiger partial charge < -0.3 is 10.2 Å². The number of rotatable bonds is 7. The Balaban J connectivity index is 2.48. The van der Waals surface area contributed by atoms with Gasteiger partial charge in [0.05, 0.1) is 0 Å². The van der Waals surface area contributed by atoms with Crippen LogP contribution >= 0.6 is 0 Å². The van der Waals surface area contributed by atoms with E-state index in [1.54, 1.807) is 0 Å². The van der Waals surface area contributed by atoms with E-state index in [0.717, 1.165) is 30.5 Å². The third-order valence-electron chi connectivity index (χ3n) is 4.69. The summed E-state index contributed by atoms with van der Waals surface area (Å²) in [7, 11) is 2.31. The van der Waals surface area contributed by atoms with Crippen LogP contribution in [0.5, 0.6) is 0 Å². The average Bonchev–Trinajstić information content (AvgIpc) is 2.33. The summed E-state index contributed by atoms with van der Waals surface area (Å²) in [5.41, 5.74) is 0. The second kappa shape index (κ2) is 8.16. The molecule has 18 heavy (non-hydrogen) atoms. The van der Waals surface area contributed by atoms with Crippen LogP contribution in [-0.2, 0) is 0 Å². The van der Waals surface area contributed by atoms with Gasteiger partial charge in [0.15, 0.2) is 0 Å². The Hall–Kier alpha value is -0.0800. The molecule has 0 amide bonds. The van der Waals surface area contributed by atoms with Gasteiger partial charge in [-0.3, -0.25) is 0 Å². The van der Waals surface area contributed by atoms with Crippen molar-refractivity contribution in [2.45, 2.75) is 71.9 Å². The van der Waals surface area contributed by atoms with E-state index < -0.39 is 0 Å². The van der Waals surface area contributed by atoms with E-state index in [2.05, 4.69) is 45.0 Å². The Labute approximate surface area is 115 Å². The minimum Gasteiger partial charge on any atom is -0.314 e. The summed E-state index contributed by atoms with van der Waals surface area (Å²) in [5.74, 6) is 1.76. The van der Waals surface area contributed by atoms with Crippen molar-refractivity contribution < 1.29 is 0 Å². The molecule has 1 rings (SSSR count). The smallest absolute Gasteiger partial charge is 0.0108 e. The van der Waals surface area contributed by atoms with Crippen molar-refractivity contribution in [2.24, 2.45) is 11.8 Å². The van der Waals surface area contributed by atoms with E-state index in [1.807, 2.05) is 0 Å². The first-order valence-corrected chi connectivity index (χ1v) is 8.02. The maximum atomic E-state index is 3.70. The fraction of sp³-hybridized carbons (Fsp3) is 1.00. The molecule has 0 aliphatic heterocycles. The molecule has 0 aromatic heterocycles. The summed E-state index contributed by atoms with van der Waals surface area (Å²) in [6.45, 7) is 11.7. The molecule has 1 aliphatic rings. The maximum Gasteiger partial charge on any atom is 0.0108 e. The van der Waals surface area contributed by atoms with Crippen LogP contribution in [0.2, 0.25) is 0 Å². The molecule has 0 aromatic carbocycles. The lowest BCUT2D eigenvalue weighted by atomic mass is 9.78. The zero-order valence-corrected chi connectivity index (χ0v) is 13.2. The first-order chi connectivity index (χ1) is 8.58. The van der Waals surface area contributed by atoms with Crippen molar-refractivity contribution in [3.05, 3.63) is 0 Å². The van der Waals surface area contributed by atoms with Gasteiger partial charge >= 0.3 is 0 Å². The zero-order valence-electron chi connectivity index (χ0n) is 13.2. The van der Waals surface area contributed by atoms with Crippen molar-refractivity contribution in [3.63, 3.8) is 0 Å². The Bertz CT molecular complexity index is 217. The molecule has 2 nitrogen and oxygen atoms in total. The Morgan fingerprint density at radius 1 is 1.28 bits per heavy atom. The molecule has 1 aliphatic carbocycles. The van der Waals surface area contributed by atoms with Crippen LogP contribution in [0.3, 0.4) is 0 Å². The summed E-state index contributed by atoms with van der Waals surface area (Å²) in [4.78, 5) is 2.58. The molecule has 0 radical (unpaired) electrons. The van der Waals surface area contributed by atoms with Gasteiger partial charge in [-0.05, 0) is 58.0 Å². The largest absolute Gasteiger partial charge is 0.314 e. The monoisotopic (exact) mass is 254 g/mol. The molecule has 0 saturated heterocycles. The SMILES string of the molecule is CCCC(C)N(C)CC1CC(C)CCC1NCC. The summed E-state index contributed by atoms with van der Waals surface area (Å²) in [6, 6.07) is 1.48. The second-order valence-electron chi connectivity index (χ2n) is 6.42. The third-order valence-corrected chi connectivity index (χ3v) is 4.69. The van der Waals surface area contributed by atoms with Crippen molar-refractivity contribution in [2.75, 3.05) is 20.1 Å². The molecular formula is C16H34N2. The van der Waals surface area contributed by atoms with Gasteiger partial charge in [0.25, 0.3) is 0 Å². The topological polar surface area (TPSA) is 15.3 Å². The quantitative estimate of drug-likeness (QED) is 0.748. The summed E-state index contributed by atoms with van der Waals surface area (Å²) in [5, 5.41) is 3.70. The Morgan fingerprint density at radius 3 is 2.61 bits per heavy atom. The normalized spacial score (nSPS) is 30.7. The van der Waals surface area contributed by atoms with Crippen molar-refractivity contribution in [3.8, 4) is 0 Å². The molecule has 2 heteroatoms. The molecule has 1 N–H and O–H groups in total. The zero-order chi connectivity index (χ0) is 13.5. The standard InChI is InChI=1S/C16H34N2/c1-6-8-14(4)18(5)12-15-11-13(3)9-10-16(15)17-7-2/h13-17H,6-12H2,1-5H3. The number of nitrogens with zero attached hydrogens (tertiary/aromatic N) is 1. The van der Waals surface area contributed by atoms with Crippen molar-refractivity contribution >= 4 is 0 Å². The first kappa shape index (κ1) is 16.0. The third kappa shape index (κ3) is 4.89. The summed E-state index contributed by atoms with van der Waals surface area (Å²) >= 11 is 0. The predicted molar refractivity (Wildman–Crippen MR) is 81.0 cm³/mol. The van der Waals surface area contributed by atoms with Crippen molar-refractivity contribution in [1.29, 1.82) is 0 Å².